The molecule has 0 aliphatic carbocycles. The van der Waals surface area contributed by atoms with E-state index in [1.807, 2.05) is 30.3 Å². The summed E-state index contributed by atoms with van der Waals surface area (Å²) >= 11 is 0. The molecule has 1 aromatic heterocycles. The minimum atomic E-state index is 0.364. The van der Waals surface area contributed by atoms with Crippen molar-refractivity contribution < 1.29 is 13.9 Å². The normalized spacial score (nSPS) is 14.8. The predicted molar refractivity (Wildman–Crippen MR) is 77.5 cm³/mol. The maximum atomic E-state index is 5.58. The molecule has 106 valence electrons. The van der Waals surface area contributed by atoms with Crippen LogP contribution < -0.4 is 14.8 Å². The summed E-state index contributed by atoms with van der Waals surface area (Å²) in [5.41, 5.74) is 1.06. The van der Waals surface area contributed by atoms with E-state index >= 15 is 0 Å². The van der Waals surface area contributed by atoms with Crippen LogP contribution in [0, 0.1) is 0 Å². The molecule has 1 aliphatic rings. The lowest BCUT2D eigenvalue weighted by atomic mass is 10.1. The number of benzene rings is 1. The second kappa shape index (κ2) is 5.90. The van der Waals surface area contributed by atoms with Crippen LogP contribution in [0.15, 0.2) is 41.0 Å². The van der Waals surface area contributed by atoms with Gasteiger partial charge in [0, 0.05) is 24.2 Å². The topological polar surface area (TPSA) is 43.6 Å². The van der Waals surface area contributed by atoms with Crippen molar-refractivity contribution >= 4 is 5.69 Å². The van der Waals surface area contributed by atoms with Gasteiger partial charge in [-0.1, -0.05) is 0 Å². The van der Waals surface area contributed by atoms with Gasteiger partial charge in [-0.3, -0.25) is 0 Å². The first-order chi connectivity index (χ1) is 9.81. The molecule has 1 aliphatic heterocycles. The highest BCUT2D eigenvalue weighted by atomic mass is 16.6. The Morgan fingerprint density at radius 2 is 2.00 bits per heavy atom. The van der Waals surface area contributed by atoms with Gasteiger partial charge < -0.3 is 19.2 Å². The van der Waals surface area contributed by atoms with Gasteiger partial charge in [-0.25, -0.2) is 0 Å². The van der Waals surface area contributed by atoms with Gasteiger partial charge in [0.05, 0.1) is 6.26 Å². The van der Waals surface area contributed by atoms with Gasteiger partial charge in [-0.05, 0) is 37.6 Å². The fourth-order valence-corrected chi connectivity index (χ4v) is 2.30. The summed E-state index contributed by atoms with van der Waals surface area (Å²) < 4.78 is 16.4. The number of nitrogens with one attached hydrogen (secondary N) is 1. The van der Waals surface area contributed by atoms with Crippen molar-refractivity contribution in [2.45, 2.75) is 25.8 Å². The molecule has 1 unspecified atom stereocenters. The number of ether oxygens (including phenoxy) is 2. The molecule has 4 heteroatoms. The highest BCUT2D eigenvalue weighted by Crippen LogP contribution is 2.32. The smallest absolute Gasteiger partial charge is 0.163 e. The average Bonchev–Trinajstić information content (AvgIpc) is 2.98. The Morgan fingerprint density at radius 3 is 2.80 bits per heavy atom. The zero-order chi connectivity index (χ0) is 13.8. The van der Waals surface area contributed by atoms with Gasteiger partial charge in [0.2, 0.25) is 0 Å². The van der Waals surface area contributed by atoms with Gasteiger partial charge in [-0.2, -0.15) is 0 Å². The van der Waals surface area contributed by atoms with Gasteiger partial charge in [0.15, 0.2) is 11.5 Å². The molecule has 0 spiro atoms. The van der Waals surface area contributed by atoms with Crippen molar-refractivity contribution in [3.8, 4) is 11.5 Å². The number of furan rings is 1. The quantitative estimate of drug-likeness (QED) is 0.905. The minimum Gasteiger partial charge on any atom is -0.486 e. The fourth-order valence-electron chi connectivity index (χ4n) is 2.30. The van der Waals surface area contributed by atoms with Crippen LogP contribution >= 0.6 is 0 Å². The maximum Gasteiger partial charge on any atom is 0.163 e. The van der Waals surface area contributed by atoms with Crippen LogP contribution in [0.25, 0.3) is 0 Å². The fraction of sp³-hybridized carbons (Fsp3) is 0.375. The zero-order valence-electron chi connectivity index (χ0n) is 11.6. The van der Waals surface area contributed by atoms with Gasteiger partial charge in [-0.15, -0.1) is 0 Å². The molecular weight excluding hydrogens is 254 g/mol. The summed E-state index contributed by atoms with van der Waals surface area (Å²) in [5.74, 6) is 2.67. The first-order valence-corrected chi connectivity index (χ1v) is 7.00. The predicted octanol–water partition coefficient (Wildman–Crippen LogP) is 3.48. The van der Waals surface area contributed by atoms with Crippen molar-refractivity contribution in [3.63, 3.8) is 0 Å². The van der Waals surface area contributed by atoms with E-state index in [9.17, 15) is 0 Å². The van der Waals surface area contributed by atoms with Crippen LogP contribution in [0.1, 0.15) is 19.1 Å². The number of hydrogen-bond donors (Lipinski definition) is 1. The van der Waals surface area contributed by atoms with E-state index in [0.717, 1.165) is 35.8 Å². The Hall–Kier alpha value is -2.10. The second-order valence-electron chi connectivity index (χ2n) is 5.02. The van der Waals surface area contributed by atoms with Gasteiger partial charge >= 0.3 is 0 Å². The molecule has 0 saturated carbocycles. The van der Waals surface area contributed by atoms with E-state index in [1.54, 1.807) is 6.26 Å². The number of aryl methyl sites for hydroxylation is 1. The van der Waals surface area contributed by atoms with Crippen molar-refractivity contribution in [2.75, 3.05) is 18.5 Å². The SMILES string of the molecule is CC(CCc1ccco1)Nc1ccc2c(c1)OCCO2. The van der Waals surface area contributed by atoms with E-state index in [1.165, 1.54) is 0 Å². The molecular formula is C16H19NO3. The summed E-state index contributed by atoms with van der Waals surface area (Å²) in [6, 6.07) is 10.3. The van der Waals surface area contributed by atoms with E-state index in [-0.39, 0.29) is 0 Å². The molecule has 20 heavy (non-hydrogen) atoms. The third kappa shape index (κ3) is 3.07. The Bertz CT molecular complexity index is 551. The van der Waals surface area contributed by atoms with Crippen molar-refractivity contribution in [1.29, 1.82) is 0 Å². The summed E-state index contributed by atoms with van der Waals surface area (Å²) in [6.07, 6.45) is 3.67. The second-order valence-corrected chi connectivity index (χ2v) is 5.02. The third-order valence-corrected chi connectivity index (χ3v) is 3.36. The maximum absolute atomic E-state index is 5.58. The Labute approximate surface area is 118 Å². The van der Waals surface area contributed by atoms with E-state index < -0.39 is 0 Å². The van der Waals surface area contributed by atoms with Crippen molar-refractivity contribution in [2.24, 2.45) is 0 Å². The molecule has 0 fully saturated rings. The molecule has 0 radical (unpaired) electrons. The van der Waals surface area contributed by atoms with E-state index in [2.05, 4.69) is 12.2 Å². The first kappa shape index (κ1) is 12.9. The third-order valence-electron chi connectivity index (χ3n) is 3.36. The number of anilines is 1. The van der Waals surface area contributed by atoms with Crippen molar-refractivity contribution in [3.05, 3.63) is 42.4 Å². The minimum absolute atomic E-state index is 0.364. The number of hydrogen-bond acceptors (Lipinski definition) is 4. The first-order valence-electron chi connectivity index (χ1n) is 7.00. The summed E-state index contributed by atoms with van der Waals surface area (Å²) in [7, 11) is 0. The Morgan fingerprint density at radius 1 is 1.15 bits per heavy atom. The van der Waals surface area contributed by atoms with E-state index in [4.69, 9.17) is 13.9 Å². The lowest BCUT2D eigenvalue weighted by molar-refractivity contribution is 0.171. The molecule has 2 heterocycles. The molecule has 0 amide bonds. The summed E-state index contributed by atoms with van der Waals surface area (Å²) in [4.78, 5) is 0. The molecule has 0 bridgehead atoms. The highest BCUT2D eigenvalue weighted by molar-refractivity contribution is 5.55. The largest absolute Gasteiger partial charge is 0.486 e. The average molecular weight is 273 g/mol. The van der Waals surface area contributed by atoms with Crippen LogP contribution in [-0.2, 0) is 6.42 Å². The monoisotopic (exact) mass is 273 g/mol. The molecule has 2 aromatic rings. The highest BCUT2D eigenvalue weighted by Gasteiger charge is 2.12. The zero-order valence-corrected chi connectivity index (χ0v) is 11.6. The van der Waals surface area contributed by atoms with Gasteiger partial charge in [0.1, 0.15) is 19.0 Å². The Balaban J connectivity index is 1.56. The molecule has 0 saturated heterocycles. The number of rotatable bonds is 5. The van der Waals surface area contributed by atoms with Gasteiger partial charge in [0.25, 0.3) is 0 Å². The van der Waals surface area contributed by atoms with Crippen LogP contribution in [0.3, 0.4) is 0 Å². The van der Waals surface area contributed by atoms with Crippen molar-refractivity contribution in [1.82, 2.24) is 0 Å². The van der Waals surface area contributed by atoms with Crippen LogP contribution in [0.4, 0.5) is 5.69 Å². The van der Waals surface area contributed by atoms with Crippen LogP contribution in [-0.4, -0.2) is 19.3 Å². The summed E-state index contributed by atoms with van der Waals surface area (Å²) in [6.45, 7) is 3.41. The molecule has 3 rings (SSSR count). The van der Waals surface area contributed by atoms with Crippen LogP contribution in [0.5, 0.6) is 11.5 Å². The van der Waals surface area contributed by atoms with E-state index in [0.29, 0.717) is 19.3 Å². The van der Waals surface area contributed by atoms with Crippen LogP contribution in [0.2, 0.25) is 0 Å². The lowest BCUT2D eigenvalue weighted by Crippen LogP contribution is -2.18. The standard InChI is InChI=1S/C16H19NO3/c1-12(4-6-14-3-2-8-18-14)17-13-5-7-15-16(11-13)20-10-9-19-15/h2-3,5,7-8,11-12,17H,4,6,9-10H2,1H3. The molecule has 4 nitrogen and oxygen atoms in total. The summed E-state index contributed by atoms with van der Waals surface area (Å²) in [5, 5.41) is 3.48. The molecule has 1 aromatic carbocycles. The molecule has 1 N–H and O–H groups in total. The lowest BCUT2D eigenvalue weighted by Gasteiger charge is -2.20. The number of fused-ring (bicyclic) bond motifs is 1. The molecule has 1 atom stereocenters. The Kier molecular flexibility index (Phi) is 3.81.